The Morgan fingerprint density at radius 2 is 2.17 bits per heavy atom. The molecule has 3 heterocycles. The number of aromatic nitrogens is 3. The second-order valence-electron chi connectivity index (χ2n) is 5.72. The monoisotopic (exact) mass is 434 g/mol. The van der Waals surface area contributed by atoms with Gasteiger partial charge < -0.3 is 18.9 Å². The van der Waals surface area contributed by atoms with Crippen LogP contribution in [0, 0.1) is 15.0 Å². The number of rotatable bonds is 3. The predicted molar refractivity (Wildman–Crippen MR) is 81.8 cm³/mol. The van der Waals surface area contributed by atoms with Crippen molar-refractivity contribution in [2.45, 2.75) is 51.1 Å². The quantitative estimate of drug-likeness (QED) is 0.507. The molecule has 10 heteroatoms. The lowest BCUT2D eigenvalue weighted by molar-refractivity contribution is -0.204. The number of halogens is 1. The largest absolute Gasteiger partial charge is 0.463 e. The standard InChI is InChI=1S/C13H15IN4O5/c1-6(19)20-5-8-9-10(23-13(2,3)22-9)12(21-8)18-11(14)7(4-15)16-17-18/h8-10,12H,5H2,1-3H3/t8-,9?,10?,12-/m1/s1. The van der Waals surface area contributed by atoms with Crippen molar-refractivity contribution in [2.24, 2.45) is 0 Å². The van der Waals surface area contributed by atoms with E-state index in [1.54, 1.807) is 13.8 Å². The van der Waals surface area contributed by atoms with Gasteiger partial charge in [-0.15, -0.1) is 5.10 Å². The first-order valence-electron chi connectivity index (χ1n) is 6.97. The first kappa shape index (κ1) is 16.6. The summed E-state index contributed by atoms with van der Waals surface area (Å²) in [5.41, 5.74) is 0.215. The Balaban J connectivity index is 1.87. The normalized spacial score (nSPS) is 31.6. The molecule has 23 heavy (non-hydrogen) atoms. The van der Waals surface area contributed by atoms with E-state index in [4.69, 9.17) is 24.2 Å². The SMILES string of the molecule is CC(=O)OC[C@H]1O[C@@H](n2nnc(C#N)c2I)C2OC(C)(C)OC21. The van der Waals surface area contributed by atoms with E-state index in [-0.39, 0.29) is 12.3 Å². The Morgan fingerprint density at radius 3 is 2.78 bits per heavy atom. The highest BCUT2D eigenvalue weighted by atomic mass is 127. The number of nitrogens with zero attached hydrogens (tertiary/aromatic N) is 4. The number of esters is 1. The molecule has 4 atom stereocenters. The summed E-state index contributed by atoms with van der Waals surface area (Å²) in [4.78, 5) is 11.1. The van der Waals surface area contributed by atoms with Gasteiger partial charge in [-0.1, -0.05) is 5.21 Å². The highest BCUT2D eigenvalue weighted by Gasteiger charge is 2.56. The van der Waals surface area contributed by atoms with Gasteiger partial charge in [0.15, 0.2) is 17.7 Å². The molecule has 0 spiro atoms. The minimum absolute atomic E-state index is 0.0584. The van der Waals surface area contributed by atoms with Gasteiger partial charge in [0.1, 0.15) is 34.7 Å². The van der Waals surface area contributed by atoms with Crippen LogP contribution in [0.15, 0.2) is 0 Å². The fourth-order valence-electron chi connectivity index (χ4n) is 2.70. The molecule has 2 fully saturated rings. The summed E-state index contributed by atoms with van der Waals surface area (Å²) in [5, 5.41) is 16.8. The van der Waals surface area contributed by atoms with Gasteiger partial charge >= 0.3 is 5.97 Å². The van der Waals surface area contributed by atoms with Crippen molar-refractivity contribution < 1.29 is 23.7 Å². The number of nitriles is 1. The summed E-state index contributed by atoms with van der Waals surface area (Å²) in [5.74, 6) is -1.18. The number of hydrogen-bond donors (Lipinski definition) is 0. The van der Waals surface area contributed by atoms with Gasteiger partial charge in [-0.2, -0.15) is 5.26 Å². The van der Waals surface area contributed by atoms with Crippen LogP contribution >= 0.6 is 22.6 Å². The molecule has 0 radical (unpaired) electrons. The number of fused-ring (bicyclic) bond motifs is 1. The van der Waals surface area contributed by atoms with E-state index in [2.05, 4.69) is 10.3 Å². The van der Waals surface area contributed by atoms with E-state index >= 15 is 0 Å². The van der Waals surface area contributed by atoms with Crippen LogP contribution in [0.4, 0.5) is 0 Å². The molecule has 3 rings (SSSR count). The molecule has 9 nitrogen and oxygen atoms in total. The van der Waals surface area contributed by atoms with Crippen LogP contribution in [-0.2, 0) is 23.7 Å². The highest BCUT2D eigenvalue weighted by molar-refractivity contribution is 14.1. The molecular weight excluding hydrogens is 419 g/mol. The van der Waals surface area contributed by atoms with Crippen molar-refractivity contribution in [3.63, 3.8) is 0 Å². The maximum Gasteiger partial charge on any atom is 0.302 e. The minimum atomic E-state index is -0.782. The predicted octanol–water partition coefficient (Wildman–Crippen LogP) is 0.735. The van der Waals surface area contributed by atoms with Crippen LogP contribution in [-0.4, -0.2) is 51.7 Å². The molecule has 0 amide bonds. The third-order valence-corrected chi connectivity index (χ3v) is 4.57. The van der Waals surface area contributed by atoms with Crippen LogP contribution in [0.1, 0.15) is 32.7 Å². The number of ether oxygens (including phenoxy) is 4. The number of carbonyl (C=O) groups excluding carboxylic acids is 1. The Bertz CT molecular complexity index is 670. The Labute approximate surface area is 145 Å². The molecule has 0 aromatic carbocycles. The fourth-order valence-corrected chi connectivity index (χ4v) is 3.30. The van der Waals surface area contributed by atoms with E-state index in [1.165, 1.54) is 11.6 Å². The lowest BCUT2D eigenvalue weighted by Crippen LogP contribution is -2.33. The van der Waals surface area contributed by atoms with Crippen LogP contribution < -0.4 is 0 Å². The van der Waals surface area contributed by atoms with Gasteiger partial charge in [-0.05, 0) is 36.4 Å². The molecular formula is C13H15IN4O5. The van der Waals surface area contributed by atoms with Crippen molar-refractivity contribution in [3.05, 3.63) is 9.39 Å². The van der Waals surface area contributed by atoms with Crippen molar-refractivity contribution in [3.8, 4) is 6.07 Å². The Kier molecular flexibility index (Phi) is 4.30. The summed E-state index contributed by atoms with van der Waals surface area (Å²) < 4.78 is 24.8. The van der Waals surface area contributed by atoms with Gasteiger partial charge in [-0.25, -0.2) is 4.68 Å². The lowest BCUT2D eigenvalue weighted by Gasteiger charge is -2.24. The molecule has 2 aliphatic heterocycles. The minimum Gasteiger partial charge on any atom is -0.463 e. The Hall–Kier alpha value is -1.29. The Morgan fingerprint density at radius 1 is 1.48 bits per heavy atom. The maximum absolute atomic E-state index is 11.1. The van der Waals surface area contributed by atoms with Crippen LogP contribution in [0.5, 0.6) is 0 Å². The van der Waals surface area contributed by atoms with E-state index in [9.17, 15) is 4.79 Å². The van der Waals surface area contributed by atoms with Gasteiger partial charge in [0.05, 0.1) is 0 Å². The first-order chi connectivity index (χ1) is 10.8. The average molecular weight is 434 g/mol. The zero-order chi connectivity index (χ0) is 16.8. The smallest absolute Gasteiger partial charge is 0.302 e. The zero-order valence-electron chi connectivity index (χ0n) is 12.7. The molecule has 2 saturated heterocycles. The van der Waals surface area contributed by atoms with E-state index in [0.29, 0.717) is 3.70 Å². The number of carbonyl (C=O) groups is 1. The highest BCUT2D eigenvalue weighted by Crippen LogP contribution is 2.43. The molecule has 1 aromatic heterocycles. The molecule has 2 aliphatic rings. The van der Waals surface area contributed by atoms with Crippen LogP contribution in [0.2, 0.25) is 0 Å². The summed E-state index contributed by atoms with van der Waals surface area (Å²) in [6, 6.07) is 1.97. The second kappa shape index (κ2) is 5.97. The van der Waals surface area contributed by atoms with Crippen molar-refractivity contribution in [1.82, 2.24) is 15.0 Å². The molecule has 1 aromatic rings. The van der Waals surface area contributed by atoms with E-state index in [0.717, 1.165) is 0 Å². The second-order valence-corrected chi connectivity index (χ2v) is 6.74. The topological polar surface area (TPSA) is 108 Å². The summed E-state index contributed by atoms with van der Waals surface area (Å²) in [6.45, 7) is 5.00. The summed E-state index contributed by atoms with van der Waals surface area (Å²) in [6.07, 6.45) is -1.93. The molecule has 0 bridgehead atoms. The van der Waals surface area contributed by atoms with E-state index < -0.39 is 36.3 Å². The fraction of sp³-hybridized carbons (Fsp3) is 0.692. The van der Waals surface area contributed by atoms with Gasteiger partial charge in [0.2, 0.25) is 0 Å². The molecule has 0 saturated carbocycles. The van der Waals surface area contributed by atoms with Crippen molar-refractivity contribution in [2.75, 3.05) is 6.61 Å². The maximum atomic E-state index is 11.1. The summed E-state index contributed by atoms with van der Waals surface area (Å²) in [7, 11) is 0. The van der Waals surface area contributed by atoms with Gasteiger partial charge in [0.25, 0.3) is 0 Å². The molecule has 124 valence electrons. The first-order valence-corrected chi connectivity index (χ1v) is 8.05. The zero-order valence-corrected chi connectivity index (χ0v) is 14.9. The van der Waals surface area contributed by atoms with Crippen molar-refractivity contribution >= 4 is 28.6 Å². The van der Waals surface area contributed by atoms with Gasteiger partial charge in [-0.3, -0.25) is 4.79 Å². The van der Waals surface area contributed by atoms with E-state index in [1.807, 2.05) is 28.7 Å². The molecule has 0 N–H and O–H groups in total. The number of hydrogen-bond acceptors (Lipinski definition) is 8. The lowest BCUT2D eigenvalue weighted by atomic mass is 10.1. The molecule has 2 unspecified atom stereocenters. The third kappa shape index (κ3) is 3.06. The third-order valence-electron chi connectivity index (χ3n) is 3.56. The van der Waals surface area contributed by atoms with Crippen LogP contribution in [0.3, 0.4) is 0 Å². The average Bonchev–Trinajstić information content (AvgIpc) is 3.07. The molecule has 0 aliphatic carbocycles. The van der Waals surface area contributed by atoms with Crippen LogP contribution in [0.25, 0.3) is 0 Å². The van der Waals surface area contributed by atoms with Crippen molar-refractivity contribution in [1.29, 1.82) is 5.26 Å². The summed E-state index contributed by atoms with van der Waals surface area (Å²) >= 11 is 1.98. The van der Waals surface area contributed by atoms with Gasteiger partial charge in [0, 0.05) is 6.92 Å².